The first-order chi connectivity index (χ1) is 10.1. The van der Waals surface area contributed by atoms with Crippen molar-refractivity contribution in [3.05, 3.63) is 23.8 Å². The predicted molar refractivity (Wildman–Crippen MR) is 84.2 cm³/mol. The summed E-state index contributed by atoms with van der Waals surface area (Å²) >= 11 is 0. The average molecular weight is 293 g/mol. The fourth-order valence-corrected chi connectivity index (χ4v) is 3.00. The summed E-state index contributed by atoms with van der Waals surface area (Å²) in [5.74, 6) is 1.63. The Hall–Kier alpha value is -1.26. The first kappa shape index (κ1) is 16.1. The summed E-state index contributed by atoms with van der Waals surface area (Å²) in [4.78, 5) is 0. The van der Waals surface area contributed by atoms with Crippen molar-refractivity contribution in [3.8, 4) is 11.5 Å². The Bertz CT molecular complexity index is 463. The van der Waals surface area contributed by atoms with E-state index < -0.39 is 0 Å². The maximum absolute atomic E-state index is 6.12. The third kappa shape index (κ3) is 3.69. The van der Waals surface area contributed by atoms with Crippen LogP contribution in [0.15, 0.2) is 18.2 Å². The van der Waals surface area contributed by atoms with E-state index in [1.807, 2.05) is 12.1 Å². The highest BCUT2D eigenvalue weighted by Gasteiger charge is 2.36. The summed E-state index contributed by atoms with van der Waals surface area (Å²) in [7, 11) is 3.36. The van der Waals surface area contributed by atoms with Crippen molar-refractivity contribution in [2.75, 3.05) is 27.4 Å². The molecule has 1 aromatic rings. The van der Waals surface area contributed by atoms with Gasteiger partial charge in [0.1, 0.15) is 11.5 Å². The molecule has 2 unspecified atom stereocenters. The van der Waals surface area contributed by atoms with Crippen LogP contribution in [-0.4, -0.2) is 33.4 Å². The van der Waals surface area contributed by atoms with Crippen LogP contribution in [0, 0.1) is 0 Å². The standard InChI is InChI=1S/C17H27NO3/c1-5-9-18-13-8-10-21-17(2,12-13)15-7-6-14(19-3)11-16(15)20-4/h6-7,11,13,18H,5,8-10,12H2,1-4H3. The van der Waals surface area contributed by atoms with Gasteiger partial charge in [-0.15, -0.1) is 0 Å². The number of hydrogen-bond donors (Lipinski definition) is 1. The van der Waals surface area contributed by atoms with Crippen molar-refractivity contribution in [2.24, 2.45) is 0 Å². The Morgan fingerprint density at radius 2 is 2.14 bits per heavy atom. The van der Waals surface area contributed by atoms with E-state index in [0.717, 1.165) is 49.5 Å². The first-order valence-electron chi connectivity index (χ1n) is 7.72. The van der Waals surface area contributed by atoms with Crippen molar-refractivity contribution >= 4 is 0 Å². The lowest BCUT2D eigenvalue weighted by Crippen LogP contribution is -2.44. The van der Waals surface area contributed by atoms with E-state index in [2.05, 4.69) is 25.2 Å². The van der Waals surface area contributed by atoms with Gasteiger partial charge in [0, 0.05) is 24.3 Å². The molecule has 1 aromatic carbocycles. The summed E-state index contributed by atoms with van der Waals surface area (Å²) in [6.45, 7) is 6.17. The minimum atomic E-state index is -0.318. The molecule has 1 aliphatic rings. The Morgan fingerprint density at radius 3 is 2.81 bits per heavy atom. The molecular formula is C17H27NO3. The fraction of sp³-hybridized carbons (Fsp3) is 0.647. The van der Waals surface area contributed by atoms with Gasteiger partial charge in [-0.3, -0.25) is 0 Å². The Kier molecular flexibility index (Phi) is 5.48. The second-order valence-electron chi connectivity index (χ2n) is 5.79. The number of ether oxygens (including phenoxy) is 3. The lowest BCUT2D eigenvalue weighted by atomic mass is 9.85. The largest absolute Gasteiger partial charge is 0.497 e. The van der Waals surface area contributed by atoms with Gasteiger partial charge in [-0.05, 0) is 44.9 Å². The molecule has 1 aliphatic heterocycles. The summed E-state index contributed by atoms with van der Waals surface area (Å²) < 4.78 is 16.9. The molecule has 21 heavy (non-hydrogen) atoms. The van der Waals surface area contributed by atoms with E-state index in [1.54, 1.807) is 14.2 Å². The zero-order chi connectivity index (χ0) is 15.3. The number of nitrogens with one attached hydrogen (secondary N) is 1. The normalized spacial score (nSPS) is 25.6. The molecule has 0 radical (unpaired) electrons. The third-order valence-electron chi connectivity index (χ3n) is 4.18. The second kappa shape index (κ2) is 7.14. The van der Waals surface area contributed by atoms with E-state index in [4.69, 9.17) is 14.2 Å². The quantitative estimate of drug-likeness (QED) is 0.875. The van der Waals surface area contributed by atoms with Crippen LogP contribution in [0.3, 0.4) is 0 Å². The molecule has 118 valence electrons. The summed E-state index contributed by atoms with van der Waals surface area (Å²) in [5.41, 5.74) is 0.773. The van der Waals surface area contributed by atoms with Crippen LogP contribution >= 0.6 is 0 Å². The maximum Gasteiger partial charge on any atom is 0.128 e. The van der Waals surface area contributed by atoms with Gasteiger partial charge in [0.2, 0.25) is 0 Å². The molecule has 2 rings (SSSR count). The van der Waals surface area contributed by atoms with Gasteiger partial charge in [0.05, 0.1) is 19.8 Å². The third-order valence-corrected chi connectivity index (χ3v) is 4.18. The second-order valence-corrected chi connectivity index (χ2v) is 5.79. The van der Waals surface area contributed by atoms with Crippen LogP contribution < -0.4 is 14.8 Å². The SMILES string of the molecule is CCCNC1CCOC(C)(c2ccc(OC)cc2OC)C1. The summed E-state index contributed by atoms with van der Waals surface area (Å²) in [6.07, 6.45) is 3.17. The van der Waals surface area contributed by atoms with Crippen LogP contribution in [0.5, 0.6) is 11.5 Å². The molecule has 0 aliphatic carbocycles. The molecule has 1 saturated heterocycles. The van der Waals surface area contributed by atoms with Gasteiger partial charge in [-0.1, -0.05) is 6.92 Å². The molecule has 0 amide bonds. The highest BCUT2D eigenvalue weighted by molar-refractivity contribution is 5.44. The van der Waals surface area contributed by atoms with Crippen LogP contribution in [0.25, 0.3) is 0 Å². The predicted octanol–water partition coefficient (Wildman–Crippen LogP) is 3.10. The van der Waals surface area contributed by atoms with E-state index in [1.165, 1.54) is 0 Å². The van der Waals surface area contributed by atoms with Gasteiger partial charge in [-0.25, -0.2) is 0 Å². The highest BCUT2D eigenvalue weighted by atomic mass is 16.5. The van der Waals surface area contributed by atoms with Crippen LogP contribution in [-0.2, 0) is 10.3 Å². The van der Waals surface area contributed by atoms with Gasteiger partial charge < -0.3 is 19.5 Å². The number of hydrogen-bond acceptors (Lipinski definition) is 4. The van der Waals surface area contributed by atoms with Gasteiger partial charge in [0.15, 0.2) is 0 Å². The van der Waals surface area contributed by atoms with E-state index >= 15 is 0 Å². The Labute approximate surface area is 127 Å². The zero-order valence-corrected chi connectivity index (χ0v) is 13.6. The van der Waals surface area contributed by atoms with Crippen molar-refractivity contribution in [1.82, 2.24) is 5.32 Å². The lowest BCUT2D eigenvalue weighted by Gasteiger charge is -2.39. The highest BCUT2D eigenvalue weighted by Crippen LogP contribution is 2.41. The smallest absolute Gasteiger partial charge is 0.128 e. The monoisotopic (exact) mass is 293 g/mol. The van der Waals surface area contributed by atoms with Crippen LogP contribution in [0.1, 0.15) is 38.7 Å². The van der Waals surface area contributed by atoms with Crippen molar-refractivity contribution in [1.29, 1.82) is 0 Å². The molecule has 4 nitrogen and oxygen atoms in total. The zero-order valence-electron chi connectivity index (χ0n) is 13.6. The molecule has 1 N–H and O–H groups in total. The number of rotatable bonds is 6. The molecule has 2 atom stereocenters. The molecule has 0 aromatic heterocycles. The van der Waals surface area contributed by atoms with Gasteiger partial charge >= 0.3 is 0 Å². The van der Waals surface area contributed by atoms with Gasteiger partial charge in [-0.2, -0.15) is 0 Å². The van der Waals surface area contributed by atoms with Crippen molar-refractivity contribution < 1.29 is 14.2 Å². The average Bonchev–Trinajstić information content (AvgIpc) is 2.52. The summed E-state index contributed by atoms with van der Waals surface area (Å²) in [5, 5.41) is 3.61. The van der Waals surface area contributed by atoms with E-state index in [9.17, 15) is 0 Å². The molecular weight excluding hydrogens is 266 g/mol. The minimum absolute atomic E-state index is 0.318. The molecule has 1 heterocycles. The maximum atomic E-state index is 6.12. The molecule has 0 saturated carbocycles. The first-order valence-corrected chi connectivity index (χ1v) is 7.72. The molecule has 0 bridgehead atoms. The Balaban J connectivity index is 2.22. The topological polar surface area (TPSA) is 39.7 Å². The number of benzene rings is 1. The Morgan fingerprint density at radius 1 is 1.33 bits per heavy atom. The fourth-order valence-electron chi connectivity index (χ4n) is 3.00. The summed E-state index contributed by atoms with van der Waals surface area (Å²) in [6, 6.07) is 6.44. The molecule has 1 fully saturated rings. The van der Waals surface area contributed by atoms with E-state index in [0.29, 0.717) is 6.04 Å². The van der Waals surface area contributed by atoms with Crippen LogP contribution in [0.4, 0.5) is 0 Å². The van der Waals surface area contributed by atoms with E-state index in [-0.39, 0.29) is 5.60 Å². The van der Waals surface area contributed by atoms with Crippen molar-refractivity contribution in [3.63, 3.8) is 0 Å². The van der Waals surface area contributed by atoms with Gasteiger partial charge in [0.25, 0.3) is 0 Å². The molecule has 4 heteroatoms. The lowest BCUT2D eigenvalue weighted by molar-refractivity contribution is -0.0822. The van der Waals surface area contributed by atoms with Crippen LogP contribution in [0.2, 0.25) is 0 Å². The number of methoxy groups -OCH3 is 2. The minimum Gasteiger partial charge on any atom is -0.497 e. The molecule has 0 spiro atoms. The van der Waals surface area contributed by atoms with Crippen molar-refractivity contribution in [2.45, 2.75) is 44.8 Å².